The average molecular weight is 343 g/mol. The Labute approximate surface area is 149 Å². The van der Waals surface area contributed by atoms with E-state index in [2.05, 4.69) is 11.9 Å². The molecule has 0 unspecified atom stereocenters. The van der Waals surface area contributed by atoms with Gasteiger partial charge in [-0.15, -0.1) is 0 Å². The minimum Gasteiger partial charge on any atom is -0.497 e. The third-order valence-electron chi connectivity index (χ3n) is 5.36. The zero-order valence-corrected chi connectivity index (χ0v) is 15.6. The summed E-state index contributed by atoms with van der Waals surface area (Å²) in [6, 6.07) is 5.50. The van der Waals surface area contributed by atoms with Gasteiger partial charge in [-0.25, -0.2) is 0 Å². The van der Waals surface area contributed by atoms with Crippen molar-refractivity contribution in [1.29, 1.82) is 0 Å². The SMILES string of the molecule is C=C(C(=O)Nc1ccc(B2OC(C)(C)C(C)(C)O2)c(OC)c1)C1CC1. The molecule has 0 atom stereocenters. The van der Waals surface area contributed by atoms with Gasteiger partial charge in [0.2, 0.25) is 0 Å². The van der Waals surface area contributed by atoms with E-state index in [1.165, 1.54) is 0 Å². The number of carbonyl (C=O) groups excluding carboxylic acids is 1. The third kappa shape index (κ3) is 3.46. The van der Waals surface area contributed by atoms with Gasteiger partial charge in [-0.3, -0.25) is 4.79 Å². The van der Waals surface area contributed by atoms with Crippen molar-refractivity contribution in [3.05, 3.63) is 30.4 Å². The zero-order chi connectivity index (χ0) is 18.4. The Morgan fingerprint density at radius 1 is 1.24 bits per heavy atom. The minimum atomic E-state index is -0.508. The number of amides is 1. The van der Waals surface area contributed by atoms with Gasteiger partial charge in [0.15, 0.2) is 0 Å². The highest BCUT2D eigenvalue weighted by Gasteiger charge is 2.52. The van der Waals surface area contributed by atoms with E-state index < -0.39 is 18.3 Å². The van der Waals surface area contributed by atoms with Crippen molar-refractivity contribution in [2.75, 3.05) is 12.4 Å². The highest BCUT2D eigenvalue weighted by atomic mass is 16.7. The Hall–Kier alpha value is -1.79. The quantitative estimate of drug-likeness (QED) is 0.660. The molecule has 1 aromatic rings. The van der Waals surface area contributed by atoms with Crippen LogP contribution in [-0.4, -0.2) is 31.3 Å². The van der Waals surface area contributed by atoms with E-state index in [0.717, 1.165) is 18.3 Å². The standard InChI is InChI=1S/C19H26BNO4/c1-12(13-7-8-13)17(22)21-14-9-10-15(16(11-14)23-6)20-24-18(2,3)19(4,5)25-20/h9-11,13H,1,7-8H2,2-6H3,(H,21,22). The Bertz CT molecular complexity index is 693. The second-order valence-electron chi connectivity index (χ2n) is 7.80. The average Bonchev–Trinajstić information content (AvgIpc) is 3.34. The van der Waals surface area contributed by atoms with Crippen LogP contribution in [0.4, 0.5) is 5.69 Å². The highest BCUT2D eigenvalue weighted by molar-refractivity contribution is 6.63. The molecule has 6 heteroatoms. The Morgan fingerprint density at radius 2 is 1.84 bits per heavy atom. The van der Waals surface area contributed by atoms with Crippen molar-refractivity contribution >= 4 is 24.2 Å². The van der Waals surface area contributed by atoms with E-state index in [1.54, 1.807) is 13.2 Å². The molecule has 0 spiro atoms. The second-order valence-corrected chi connectivity index (χ2v) is 7.80. The predicted octanol–water partition coefficient (Wildman–Crippen LogP) is 2.90. The first-order valence-corrected chi connectivity index (χ1v) is 8.68. The molecule has 0 radical (unpaired) electrons. The number of ether oxygens (including phenoxy) is 1. The van der Waals surface area contributed by atoms with Crippen LogP contribution < -0.4 is 15.5 Å². The molecule has 2 aliphatic rings. The molecule has 1 amide bonds. The molecule has 1 heterocycles. The molecule has 3 rings (SSSR count). The number of benzene rings is 1. The Kier molecular flexibility index (Phi) is 4.46. The van der Waals surface area contributed by atoms with Crippen molar-refractivity contribution in [3.63, 3.8) is 0 Å². The van der Waals surface area contributed by atoms with Gasteiger partial charge in [-0.05, 0) is 52.5 Å². The van der Waals surface area contributed by atoms with E-state index >= 15 is 0 Å². The maximum atomic E-state index is 12.2. The number of methoxy groups -OCH3 is 1. The molecule has 1 N–H and O–H groups in total. The molecule has 134 valence electrons. The maximum Gasteiger partial charge on any atom is 0.498 e. The summed E-state index contributed by atoms with van der Waals surface area (Å²) in [4.78, 5) is 12.2. The third-order valence-corrected chi connectivity index (χ3v) is 5.36. The Balaban J connectivity index is 1.78. The fourth-order valence-corrected chi connectivity index (χ4v) is 2.78. The Morgan fingerprint density at radius 3 is 2.36 bits per heavy atom. The molecule has 0 bridgehead atoms. The molecule has 5 nitrogen and oxygen atoms in total. The minimum absolute atomic E-state index is 0.132. The number of rotatable bonds is 5. The maximum absolute atomic E-state index is 12.2. The van der Waals surface area contributed by atoms with Gasteiger partial charge >= 0.3 is 7.12 Å². The molecule has 25 heavy (non-hydrogen) atoms. The zero-order valence-electron chi connectivity index (χ0n) is 15.6. The number of hydrogen-bond acceptors (Lipinski definition) is 4. The van der Waals surface area contributed by atoms with E-state index in [9.17, 15) is 4.79 Å². The van der Waals surface area contributed by atoms with Crippen LogP contribution in [0.3, 0.4) is 0 Å². The fourth-order valence-electron chi connectivity index (χ4n) is 2.78. The van der Waals surface area contributed by atoms with Crippen molar-refractivity contribution in [2.24, 2.45) is 5.92 Å². The monoisotopic (exact) mass is 343 g/mol. The van der Waals surface area contributed by atoms with Crippen LogP contribution in [0.1, 0.15) is 40.5 Å². The van der Waals surface area contributed by atoms with Crippen molar-refractivity contribution in [2.45, 2.75) is 51.7 Å². The largest absolute Gasteiger partial charge is 0.498 e. The van der Waals surface area contributed by atoms with Crippen molar-refractivity contribution in [3.8, 4) is 5.75 Å². The van der Waals surface area contributed by atoms with Crippen LogP contribution in [-0.2, 0) is 14.1 Å². The van der Waals surface area contributed by atoms with Crippen LogP contribution in [0, 0.1) is 5.92 Å². The predicted molar refractivity (Wildman–Crippen MR) is 99.2 cm³/mol. The van der Waals surface area contributed by atoms with Gasteiger partial charge < -0.3 is 19.4 Å². The van der Waals surface area contributed by atoms with Gasteiger partial charge in [0.1, 0.15) is 5.75 Å². The van der Waals surface area contributed by atoms with Crippen molar-refractivity contribution in [1.82, 2.24) is 0 Å². The van der Waals surface area contributed by atoms with Crippen LogP contribution in [0.15, 0.2) is 30.4 Å². The molecule has 1 aliphatic carbocycles. The summed E-state index contributed by atoms with van der Waals surface area (Å²) in [5.41, 5.74) is 1.29. The molecule has 2 fully saturated rings. The summed E-state index contributed by atoms with van der Waals surface area (Å²) in [7, 11) is 1.09. The normalized spacial score (nSPS) is 21.1. The molecular formula is C19H26BNO4. The first-order valence-electron chi connectivity index (χ1n) is 8.68. The van der Waals surface area contributed by atoms with E-state index in [4.69, 9.17) is 14.0 Å². The molecular weight excluding hydrogens is 317 g/mol. The van der Waals surface area contributed by atoms with Crippen LogP contribution >= 0.6 is 0 Å². The van der Waals surface area contributed by atoms with Gasteiger partial charge in [0.25, 0.3) is 5.91 Å². The van der Waals surface area contributed by atoms with E-state index in [-0.39, 0.29) is 5.91 Å². The van der Waals surface area contributed by atoms with Gasteiger partial charge in [-0.2, -0.15) is 0 Å². The lowest BCUT2D eigenvalue weighted by Gasteiger charge is -2.32. The smallest absolute Gasteiger partial charge is 0.497 e. The molecule has 1 aliphatic heterocycles. The summed E-state index contributed by atoms with van der Waals surface area (Å²) in [6.45, 7) is 11.9. The van der Waals surface area contributed by atoms with E-state index in [1.807, 2.05) is 39.8 Å². The lowest BCUT2D eigenvalue weighted by molar-refractivity contribution is -0.113. The fraction of sp³-hybridized carbons (Fsp3) is 0.526. The van der Waals surface area contributed by atoms with Gasteiger partial charge in [-0.1, -0.05) is 12.6 Å². The first-order chi connectivity index (χ1) is 11.6. The highest BCUT2D eigenvalue weighted by Crippen LogP contribution is 2.38. The number of hydrogen-bond donors (Lipinski definition) is 1. The van der Waals surface area contributed by atoms with Crippen molar-refractivity contribution < 1.29 is 18.8 Å². The summed E-state index contributed by atoms with van der Waals surface area (Å²) < 4.78 is 17.7. The lowest BCUT2D eigenvalue weighted by atomic mass is 9.78. The van der Waals surface area contributed by atoms with Crippen LogP contribution in [0.5, 0.6) is 5.75 Å². The summed E-state index contributed by atoms with van der Waals surface area (Å²) >= 11 is 0. The number of nitrogens with one attached hydrogen (secondary N) is 1. The lowest BCUT2D eigenvalue weighted by Crippen LogP contribution is -2.41. The molecule has 1 saturated carbocycles. The molecule has 0 aromatic heterocycles. The summed E-state index contributed by atoms with van der Waals surface area (Å²) in [6.07, 6.45) is 2.10. The van der Waals surface area contributed by atoms with Gasteiger partial charge in [0.05, 0.1) is 18.3 Å². The first kappa shape index (κ1) is 18.0. The summed E-state index contributed by atoms with van der Waals surface area (Å²) in [5.74, 6) is 0.826. The topological polar surface area (TPSA) is 56.8 Å². The number of carbonyl (C=O) groups is 1. The van der Waals surface area contributed by atoms with Crippen LogP contribution in [0.25, 0.3) is 0 Å². The second kappa shape index (κ2) is 6.18. The molecule has 1 saturated heterocycles. The van der Waals surface area contributed by atoms with E-state index in [0.29, 0.717) is 22.9 Å². The van der Waals surface area contributed by atoms with Gasteiger partial charge in [0, 0.05) is 22.8 Å². The molecule has 1 aromatic carbocycles. The summed E-state index contributed by atoms with van der Waals surface area (Å²) in [5, 5.41) is 2.89. The number of anilines is 1. The van der Waals surface area contributed by atoms with Crippen LogP contribution in [0.2, 0.25) is 0 Å².